The van der Waals surface area contributed by atoms with Crippen molar-refractivity contribution in [2.24, 2.45) is 11.3 Å². The molecule has 1 aliphatic heterocycles. The third-order valence-electron chi connectivity index (χ3n) is 2.47. The molecular weight excluding hydrogens is 168 g/mol. The Morgan fingerprint density at radius 2 is 1.85 bits per heavy atom. The Morgan fingerprint density at radius 1 is 1.31 bits per heavy atom. The first-order chi connectivity index (χ1) is 5.82. The van der Waals surface area contributed by atoms with E-state index in [0.29, 0.717) is 5.57 Å². The molecule has 3 nitrogen and oxygen atoms in total. The van der Waals surface area contributed by atoms with Crippen molar-refractivity contribution in [1.82, 2.24) is 0 Å². The van der Waals surface area contributed by atoms with Crippen LogP contribution in [0.15, 0.2) is 11.6 Å². The van der Waals surface area contributed by atoms with Crippen molar-refractivity contribution in [3.63, 3.8) is 0 Å². The van der Waals surface area contributed by atoms with Crippen LogP contribution in [0.2, 0.25) is 0 Å². The molecule has 1 heterocycles. The molecule has 0 radical (unpaired) electrons. The summed E-state index contributed by atoms with van der Waals surface area (Å²) in [7, 11) is 0. The molecule has 0 saturated carbocycles. The van der Waals surface area contributed by atoms with Crippen LogP contribution < -0.4 is 0 Å². The summed E-state index contributed by atoms with van der Waals surface area (Å²) in [6.45, 7) is 7.99. The van der Waals surface area contributed by atoms with Gasteiger partial charge in [-0.3, -0.25) is 0 Å². The maximum absolute atomic E-state index is 11.2. The highest BCUT2D eigenvalue weighted by molar-refractivity contribution is 6.09. The fourth-order valence-corrected chi connectivity index (χ4v) is 1.13. The average Bonchev–Trinajstić information content (AvgIpc) is 2.26. The predicted octanol–water partition coefficient (Wildman–Crippen LogP) is 1.68. The van der Waals surface area contributed by atoms with Crippen LogP contribution in [0, 0.1) is 11.3 Å². The molecule has 1 aliphatic rings. The number of rotatable bonds is 1. The van der Waals surface area contributed by atoms with E-state index in [9.17, 15) is 9.59 Å². The van der Waals surface area contributed by atoms with Crippen molar-refractivity contribution < 1.29 is 14.3 Å². The van der Waals surface area contributed by atoms with E-state index in [1.54, 1.807) is 0 Å². The van der Waals surface area contributed by atoms with Gasteiger partial charge in [-0.25, -0.2) is 9.59 Å². The molecule has 1 rings (SSSR count). The van der Waals surface area contributed by atoms with Gasteiger partial charge in [0, 0.05) is 11.6 Å². The van der Waals surface area contributed by atoms with Gasteiger partial charge in [0.25, 0.3) is 0 Å². The molecule has 72 valence electrons. The average molecular weight is 182 g/mol. The molecule has 0 spiro atoms. The molecule has 0 aromatic heterocycles. The Labute approximate surface area is 77.8 Å². The Balaban J connectivity index is 2.90. The quantitative estimate of drug-likeness (QED) is 0.457. The number of cyclic esters (lactones) is 2. The summed E-state index contributed by atoms with van der Waals surface area (Å²) in [5.41, 5.74) is 0.452. The Hall–Kier alpha value is -1.12. The molecule has 13 heavy (non-hydrogen) atoms. The van der Waals surface area contributed by atoms with E-state index < -0.39 is 11.9 Å². The van der Waals surface area contributed by atoms with Crippen LogP contribution in [0.4, 0.5) is 0 Å². The van der Waals surface area contributed by atoms with Crippen LogP contribution in [0.25, 0.3) is 0 Å². The van der Waals surface area contributed by atoms with Crippen molar-refractivity contribution in [3.05, 3.63) is 11.6 Å². The standard InChI is InChI=1S/C10H14O3/c1-6(10(2,3)4)7-5-8(11)13-9(7)12/h5-6H,1-4H3. The summed E-state index contributed by atoms with van der Waals surface area (Å²) in [4.78, 5) is 21.9. The first-order valence-electron chi connectivity index (χ1n) is 4.30. The maximum Gasteiger partial charge on any atom is 0.342 e. The van der Waals surface area contributed by atoms with Gasteiger partial charge in [0.05, 0.1) is 0 Å². The van der Waals surface area contributed by atoms with Gasteiger partial charge in [0.15, 0.2) is 0 Å². The van der Waals surface area contributed by atoms with Crippen LogP contribution in [-0.2, 0) is 14.3 Å². The zero-order valence-corrected chi connectivity index (χ0v) is 8.38. The number of carbonyl (C=O) groups excluding carboxylic acids is 2. The summed E-state index contributed by atoms with van der Waals surface area (Å²) in [6, 6.07) is 0. The Morgan fingerprint density at radius 3 is 2.15 bits per heavy atom. The molecule has 0 saturated heterocycles. The van der Waals surface area contributed by atoms with E-state index >= 15 is 0 Å². The van der Waals surface area contributed by atoms with Gasteiger partial charge in [-0.1, -0.05) is 27.7 Å². The third kappa shape index (κ3) is 1.97. The maximum atomic E-state index is 11.2. The van der Waals surface area contributed by atoms with Crippen molar-refractivity contribution in [2.75, 3.05) is 0 Å². The van der Waals surface area contributed by atoms with Gasteiger partial charge in [-0.05, 0) is 11.3 Å². The van der Waals surface area contributed by atoms with Crippen LogP contribution in [0.5, 0.6) is 0 Å². The predicted molar refractivity (Wildman–Crippen MR) is 47.8 cm³/mol. The molecule has 0 fully saturated rings. The second kappa shape index (κ2) is 2.98. The lowest BCUT2D eigenvalue weighted by atomic mass is 9.77. The Bertz CT molecular complexity index is 281. The number of hydrogen-bond donors (Lipinski definition) is 0. The first kappa shape index (κ1) is 9.96. The van der Waals surface area contributed by atoms with E-state index in [0.717, 1.165) is 0 Å². The largest absolute Gasteiger partial charge is 0.386 e. The molecule has 3 heteroatoms. The molecular formula is C10H14O3. The molecule has 0 amide bonds. The third-order valence-corrected chi connectivity index (χ3v) is 2.47. The Kier molecular flexibility index (Phi) is 2.28. The highest BCUT2D eigenvalue weighted by atomic mass is 16.6. The van der Waals surface area contributed by atoms with Crippen molar-refractivity contribution in [2.45, 2.75) is 27.7 Å². The lowest BCUT2D eigenvalue weighted by Gasteiger charge is -2.26. The zero-order chi connectivity index (χ0) is 10.2. The molecule has 0 N–H and O–H groups in total. The highest BCUT2D eigenvalue weighted by Crippen LogP contribution is 2.33. The zero-order valence-electron chi connectivity index (χ0n) is 8.38. The minimum absolute atomic E-state index is 0.0323. The summed E-state index contributed by atoms with van der Waals surface area (Å²) >= 11 is 0. The summed E-state index contributed by atoms with van der Waals surface area (Å²) in [5.74, 6) is -1.00. The van der Waals surface area contributed by atoms with E-state index in [1.165, 1.54) is 6.08 Å². The van der Waals surface area contributed by atoms with E-state index in [4.69, 9.17) is 0 Å². The molecule has 0 aliphatic carbocycles. The minimum atomic E-state index is -0.545. The summed E-state index contributed by atoms with van der Waals surface area (Å²) in [6.07, 6.45) is 1.29. The summed E-state index contributed by atoms with van der Waals surface area (Å²) < 4.78 is 4.42. The van der Waals surface area contributed by atoms with Crippen molar-refractivity contribution >= 4 is 11.9 Å². The lowest BCUT2D eigenvalue weighted by Crippen LogP contribution is -2.22. The summed E-state index contributed by atoms with van der Waals surface area (Å²) in [5, 5.41) is 0. The number of carbonyl (C=O) groups is 2. The van der Waals surface area contributed by atoms with Gasteiger partial charge in [0.1, 0.15) is 0 Å². The topological polar surface area (TPSA) is 43.4 Å². The molecule has 1 atom stereocenters. The number of hydrogen-bond acceptors (Lipinski definition) is 3. The van der Waals surface area contributed by atoms with Gasteiger partial charge >= 0.3 is 11.9 Å². The second-order valence-electron chi connectivity index (χ2n) is 4.40. The smallest absolute Gasteiger partial charge is 0.342 e. The normalized spacial score (nSPS) is 19.8. The van der Waals surface area contributed by atoms with Gasteiger partial charge in [-0.2, -0.15) is 0 Å². The van der Waals surface area contributed by atoms with Crippen LogP contribution in [0.3, 0.4) is 0 Å². The fraction of sp³-hybridized carbons (Fsp3) is 0.600. The first-order valence-corrected chi connectivity index (χ1v) is 4.30. The van der Waals surface area contributed by atoms with Crippen LogP contribution in [0.1, 0.15) is 27.7 Å². The van der Waals surface area contributed by atoms with E-state index in [-0.39, 0.29) is 11.3 Å². The lowest BCUT2D eigenvalue weighted by molar-refractivity contribution is -0.151. The van der Waals surface area contributed by atoms with Crippen molar-refractivity contribution in [1.29, 1.82) is 0 Å². The van der Waals surface area contributed by atoms with E-state index in [1.807, 2.05) is 27.7 Å². The number of ether oxygens (including phenoxy) is 1. The monoisotopic (exact) mass is 182 g/mol. The van der Waals surface area contributed by atoms with Crippen LogP contribution in [-0.4, -0.2) is 11.9 Å². The molecule has 0 aromatic rings. The van der Waals surface area contributed by atoms with Crippen molar-refractivity contribution in [3.8, 4) is 0 Å². The minimum Gasteiger partial charge on any atom is -0.386 e. The number of esters is 2. The molecule has 1 unspecified atom stereocenters. The van der Waals surface area contributed by atoms with E-state index in [2.05, 4.69) is 4.74 Å². The van der Waals surface area contributed by atoms with Gasteiger partial charge in [0.2, 0.25) is 0 Å². The fourth-order valence-electron chi connectivity index (χ4n) is 1.13. The molecule has 0 aromatic carbocycles. The second-order valence-corrected chi connectivity index (χ2v) is 4.40. The van der Waals surface area contributed by atoms with Crippen LogP contribution >= 0.6 is 0 Å². The SMILES string of the molecule is CC(C1=CC(=O)OC1=O)C(C)(C)C. The molecule has 0 bridgehead atoms. The van der Waals surface area contributed by atoms with Gasteiger partial charge in [-0.15, -0.1) is 0 Å². The van der Waals surface area contributed by atoms with Gasteiger partial charge < -0.3 is 4.74 Å². The highest BCUT2D eigenvalue weighted by Gasteiger charge is 2.33.